The number of nitrogens with one attached hydrogen (secondary N) is 1. The fraction of sp³-hybridized carbons (Fsp3) is 0.300. The number of piperidine rings is 1. The van der Waals surface area contributed by atoms with Crippen molar-refractivity contribution in [2.24, 2.45) is 0 Å². The highest BCUT2D eigenvalue weighted by Crippen LogP contribution is 2.29. The average Bonchev–Trinajstić information content (AvgIpc) is 3.03. The lowest BCUT2D eigenvalue weighted by Gasteiger charge is -2.31. The summed E-state index contributed by atoms with van der Waals surface area (Å²) in [5.41, 5.74) is 4.22. The molecule has 0 spiro atoms. The average molecular weight is 404 g/mol. The first kappa shape index (κ1) is 18.3. The van der Waals surface area contributed by atoms with Gasteiger partial charge < -0.3 is 10.3 Å². The van der Waals surface area contributed by atoms with Crippen molar-refractivity contribution in [2.75, 3.05) is 25.6 Å². The third-order valence-electron chi connectivity index (χ3n) is 5.09. The van der Waals surface area contributed by atoms with Crippen molar-refractivity contribution in [3.63, 3.8) is 0 Å². The van der Waals surface area contributed by atoms with Crippen molar-refractivity contribution in [1.29, 1.82) is 0 Å². The van der Waals surface area contributed by atoms with Crippen molar-refractivity contribution < 1.29 is 8.42 Å². The molecule has 3 aromatic rings. The van der Waals surface area contributed by atoms with Crippen molar-refractivity contribution in [3.05, 3.63) is 59.6 Å². The summed E-state index contributed by atoms with van der Waals surface area (Å²) in [6, 6.07) is 15.9. The summed E-state index contributed by atoms with van der Waals surface area (Å²) in [6.45, 7) is 1.97. The Bertz CT molecular complexity index is 1060. The van der Waals surface area contributed by atoms with Crippen LogP contribution in [0, 0.1) is 0 Å². The number of fused-ring (bicyclic) bond motifs is 1. The normalized spacial score (nSPS) is 16.7. The summed E-state index contributed by atoms with van der Waals surface area (Å²) >= 11 is 6.20. The van der Waals surface area contributed by atoms with Crippen LogP contribution in [0.3, 0.4) is 0 Å². The van der Waals surface area contributed by atoms with Crippen LogP contribution in [-0.2, 0) is 9.84 Å². The topological polar surface area (TPSA) is 54.3 Å². The van der Waals surface area contributed by atoms with Gasteiger partial charge in [0.15, 0.2) is 5.03 Å². The maximum Gasteiger partial charge on any atom is 0.223 e. The maximum atomic E-state index is 13.3. The zero-order chi connectivity index (χ0) is 19.0. The lowest BCUT2D eigenvalue weighted by atomic mass is 10.1. The Morgan fingerprint density at radius 2 is 1.74 bits per heavy atom. The molecule has 27 heavy (non-hydrogen) atoms. The van der Waals surface area contributed by atoms with E-state index in [1.807, 2.05) is 18.2 Å². The highest BCUT2D eigenvalue weighted by atomic mass is 35.5. The van der Waals surface area contributed by atoms with Crippen LogP contribution in [0.1, 0.15) is 12.8 Å². The molecule has 5 nitrogen and oxygen atoms in total. The number of halogens is 1. The molecule has 1 N–H and O–H groups in total. The molecule has 1 fully saturated rings. The molecule has 7 heteroatoms. The van der Waals surface area contributed by atoms with Crippen molar-refractivity contribution in [2.45, 2.75) is 28.8 Å². The predicted molar refractivity (Wildman–Crippen MR) is 109 cm³/mol. The van der Waals surface area contributed by atoms with Crippen molar-refractivity contribution >= 4 is 32.3 Å². The highest BCUT2D eigenvalue weighted by Gasteiger charge is 2.26. The van der Waals surface area contributed by atoms with Crippen LogP contribution in [0.25, 0.3) is 10.9 Å². The summed E-state index contributed by atoms with van der Waals surface area (Å²) in [5.74, 6) is 0. The molecule has 0 atom stereocenters. The zero-order valence-corrected chi connectivity index (χ0v) is 16.7. The Labute approximate surface area is 164 Å². The van der Waals surface area contributed by atoms with Crippen LogP contribution in [-0.4, -0.2) is 44.2 Å². The monoisotopic (exact) mass is 403 g/mol. The molecule has 4 rings (SSSR count). The lowest BCUT2D eigenvalue weighted by molar-refractivity contribution is 0.257. The minimum atomic E-state index is -3.66. The standard InChI is InChI=1S/C20H22ClN3O2S/c1-23-11-9-17(10-12-23)22-24-19-14-16(21)8-7-15(19)13-20(24)27(25,26)18-5-3-2-4-6-18/h2-8,13-14,17,22H,9-12H2,1H3. The number of benzene rings is 2. The Morgan fingerprint density at radius 1 is 1.04 bits per heavy atom. The van der Waals surface area contributed by atoms with Gasteiger partial charge in [0, 0.05) is 16.5 Å². The first-order valence-corrected chi connectivity index (χ1v) is 10.9. The Morgan fingerprint density at radius 3 is 2.44 bits per heavy atom. The van der Waals surface area contributed by atoms with E-state index in [9.17, 15) is 8.42 Å². The molecule has 142 valence electrons. The number of rotatable bonds is 4. The number of sulfone groups is 1. The first-order valence-electron chi connectivity index (χ1n) is 9.01. The second-order valence-corrected chi connectivity index (χ2v) is 9.38. The van der Waals surface area contributed by atoms with Crippen LogP contribution in [0.15, 0.2) is 64.5 Å². The molecule has 0 radical (unpaired) electrons. The van der Waals surface area contributed by atoms with Gasteiger partial charge in [0.2, 0.25) is 9.84 Å². The largest absolute Gasteiger partial charge is 0.321 e. The van der Waals surface area contributed by atoms with Crippen LogP contribution < -0.4 is 5.43 Å². The van der Waals surface area contributed by atoms with Gasteiger partial charge in [-0.25, -0.2) is 13.1 Å². The second-order valence-electron chi connectivity index (χ2n) is 7.04. The predicted octanol–water partition coefficient (Wildman–Crippen LogP) is 3.77. The maximum absolute atomic E-state index is 13.3. The van der Waals surface area contributed by atoms with Crippen LogP contribution in [0.2, 0.25) is 5.02 Å². The molecular weight excluding hydrogens is 382 g/mol. The van der Waals surface area contributed by atoms with Gasteiger partial charge in [-0.05, 0) is 63.3 Å². The lowest BCUT2D eigenvalue weighted by Crippen LogP contribution is -2.40. The molecule has 0 bridgehead atoms. The van der Waals surface area contributed by atoms with Gasteiger partial charge in [-0.1, -0.05) is 35.9 Å². The van der Waals surface area contributed by atoms with Gasteiger partial charge in [-0.3, -0.25) is 0 Å². The summed E-state index contributed by atoms with van der Waals surface area (Å²) in [4.78, 5) is 2.56. The summed E-state index contributed by atoms with van der Waals surface area (Å²) in [5, 5.41) is 1.66. The molecule has 1 aromatic heterocycles. The van der Waals surface area contributed by atoms with E-state index in [1.165, 1.54) is 0 Å². The second kappa shape index (κ2) is 7.19. The van der Waals surface area contributed by atoms with E-state index in [-0.39, 0.29) is 16.0 Å². The van der Waals surface area contributed by atoms with Crippen LogP contribution in [0.5, 0.6) is 0 Å². The Kier molecular flexibility index (Phi) is 4.88. The first-order chi connectivity index (χ1) is 12.9. The van der Waals surface area contributed by atoms with Crippen LogP contribution in [0.4, 0.5) is 0 Å². The molecule has 2 aromatic carbocycles. The minimum absolute atomic E-state index is 0.209. The smallest absolute Gasteiger partial charge is 0.223 e. The van der Waals surface area contributed by atoms with E-state index in [2.05, 4.69) is 17.4 Å². The van der Waals surface area contributed by atoms with Crippen molar-refractivity contribution in [1.82, 2.24) is 9.58 Å². The molecule has 0 unspecified atom stereocenters. The van der Waals surface area contributed by atoms with Gasteiger partial charge >= 0.3 is 0 Å². The number of nitrogens with zero attached hydrogens (tertiary/aromatic N) is 2. The summed E-state index contributed by atoms with van der Waals surface area (Å²) < 4.78 is 28.3. The molecule has 1 saturated heterocycles. The number of likely N-dealkylation sites (tertiary alicyclic amines) is 1. The highest BCUT2D eigenvalue weighted by molar-refractivity contribution is 7.91. The van der Waals surface area contributed by atoms with Gasteiger partial charge in [-0.15, -0.1) is 0 Å². The molecule has 2 heterocycles. The molecular formula is C20H22ClN3O2S. The summed E-state index contributed by atoms with van der Waals surface area (Å²) in [7, 11) is -1.56. The Hall–Kier alpha value is -2.02. The quantitative estimate of drug-likeness (QED) is 0.720. The van der Waals surface area contributed by atoms with Crippen LogP contribution >= 0.6 is 11.6 Å². The number of hydrogen-bond acceptors (Lipinski definition) is 4. The molecule has 1 aliphatic heterocycles. The number of aromatic nitrogens is 1. The molecule has 0 saturated carbocycles. The van der Waals surface area contributed by atoms with Crippen molar-refractivity contribution in [3.8, 4) is 0 Å². The zero-order valence-electron chi connectivity index (χ0n) is 15.1. The van der Waals surface area contributed by atoms with E-state index >= 15 is 0 Å². The van der Waals surface area contributed by atoms with E-state index in [0.29, 0.717) is 5.02 Å². The fourth-order valence-corrected chi connectivity index (χ4v) is 5.12. The van der Waals surface area contributed by atoms with E-state index in [4.69, 9.17) is 11.6 Å². The van der Waals surface area contributed by atoms with Gasteiger partial charge in [-0.2, -0.15) is 0 Å². The van der Waals surface area contributed by atoms with E-state index in [0.717, 1.165) is 36.8 Å². The van der Waals surface area contributed by atoms with E-state index < -0.39 is 9.84 Å². The Balaban J connectivity index is 1.82. The van der Waals surface area contributed by atoms with Gasteiger partial charge in [0.25, 0.3) is 0 Å². The van der Waals surface area contributed by atoms with Gasteiger partial charge in [0.1, 0.15) is 0 Å². The SMILES string of the molecule is CN1CCC(Nn2c(S(=O)(=O)c3ccccc3)cc3ccc(Cl)cc32)CC1. The molecule has 0 amide bonds. The fourth-order valence-electron chi connectivity index (χ4n) is 3.52. The minimum Gasteiger partial charge on any atom is -0.321 e. The number of hydrogen-bond donors (Lipinski definition) is 1. The third-order valence-corrected chi connectivity index (χ3v) is 7.07. The molecule has 0 aliphatic carbocycles. The van der Waals surface area contributed by atoms with E-state index in [1.54, 1.807) is 41.1 Å². The molecule has 1 aliphatic rings. The summed E-state index contributed by atoms with van der Waals surface area (Å²) in [6.07, 6.45) is 1.92. The van der Waals surface area contributed by atoms with Gasteiger partial charge in [0.05, 0.1) is 10.4 Å². The third kappa shape index (κ3) is 3.57.